The Labute approximate surface area is 223 Å². The molecule has 0 aliphatic carbocycles. The van der Waals surface area contributed by atoms with Crippen LogP contribution in [0.5, 0.6) is 0 Å². The van der Waals surface area contributed by atoms with Crippen molar-refractivity contribution in [1.82, 2.24) is 14.7 Å². The summed E-state index contributed by atoms with van der Waals surface area (Å²) in [6.45, 7) is 4.50. The van der Waals surface area contributed by atoms with E-state index in [0.29, 0.717) is 55.8 Å². The number of anilines is 1. The lowest BCUT2D eigenvalue weighted by atomic mass is 9.90. The molecule has 2 aromatic carbocycles. The molecule has 2 aliphatic heterocycles. The number of alkyl halides is 3. The van der Waals surface area contributed by atoms with Gasteiger partial charge in [-0.15, -0.1) is 0 Å². The number of carbonyl (C=O) groups is 2. The summed E-state index contributed by atoms with van der Waals surface area (Å²) >= 11 is 0. The van der Waals surface area contributed by atoms with E-state index in [0.717, 1.165) is 24.6 Å². The summed E-state index contributed by atoms with van der Waals surface area (Å²) in [5, 5.41) is 13.5. The SMILES string of the molecule is CCCn1cc(-c2ccc(C(F)(F)F)cc2CN2CCC3(CC2)CN(c2ccc(C(=O)O)cc2)C(=O)O3)cn1. The zero-order valence-corrected chi connectivity index (χ0v) is 21.4. The van der Waals surface area contributed by atoms with Gasteiger partial charge in [0.25, 0.3) is 0 Å². The Balaban J connectivity index is 1.30. The van der Waals surface area contributed by atoms with Crippen LogP contribution in [0.3, 0.4) is 0 Å². The highest BCUT2D eigenvalue weighted by atomic mass is 19.4. The van der Waals surface area contributed by atoms with E-state index in [9.17, 15) is 22.8 Å². The minimum Gasteiger partial charge on any atom is -0.478 e. The predicted molar refractivity (Wildman–Crippen MR) is 137 cm³/mol. The summed E-state index contributed by atoms with van der Waals surface area (Å²) in [5.41, 5.74) is 1.36. The van der Waals surface area contributed by atoms with E-state index in [1.54, 1.807) is 23.0 Å². The van der Waals surface area contributed by atoms with E-state index in [2.05, 4.69) is 10.00 Å². The predicted octanol–water partition coefficient (Wildman–Crippen LogP) is 5.67. The number of aryl methyl sites for hydroxylation is 1. The molecule has 3 aromatic rings. The van der Waals surface area contributed by atoms with Crippen molar-refractivity contribution in [2.75, 3.05) is 24.5 Å². The molecule has 2 saturated heterocycles. The van der Waals surface area contributed by atoms with Crippen LogP contribution < -0.4 is 4.90 Å². The molecule has 206 valence electrons. The third kappa shape index (κ3) is 5.63. The average molecular weight is 543 g/mol. The van der Waals surface area contributed by atoms with E-state index in [4.69, 9.17) is 9.84 Å². The lowest BCUT2D eigenvalue weighted by Crippen LogP contribution is -2.46. The van der Waals surface area contributed by atoms with Crippen molar-refractivity contribution in [2.24, 2.45) is 0 Å². The van der Waals surface area contributed by atoms with E-state index < -0.39 is 29.4 Å². The standard InChI is InChI=1S/C28H29F3N4O4/c1-2-11-34-17-21(15-32-34)24-8-5-22(28(29,30)31)14-20(24)16-33-12-9-27(10-13-33)18-35(26(38)39-27)23-6-3-19(4-7-23)25(36)37/h3-8,14-15,17H,2,9-13,16,18H2,1H3,(H,36,37). The Morgan fingerprint density at radius 3 is 2.49 bits per heavy atom. The quantitative estimate of drug-likeness (QED) is 0.414. The second-order valence-corrected chi connectivity index (χ2v) is 10.1. The second kappa shape index (κ2) is 10.4. The van der Waals surface area contributed by atoms with Crippen LogP contribution in [-0.2, 0) is 24.0 Å². The number of aromatic carboxylic acids is 1. The number of carboxylic acids is 1. The number of amides is 1. The zero-order valence-electron chi connectivity index (χ0n) is 21.4. The lowest BCUT2D eigenvalue weighted by Gasteiger charge is -2.37. The van der Waals surface area contributed by atoms with Crippen LogP contribution in [0.1, 0.15) is 47.7 Å². The first-order valence-corrected chi connectivity index (χ1v) is 12.9. The highest BCUT2D eigenvalue weighted by molar-refractivity contribution is 5.92. The molecule has 0 saturated carbocycles. The first-order valence-electron chi connectivity index (χ1n) is 12.9. The molecule has 0 bridgehead atoms. The van der Waals surface area contributed by atoms with Crippen molar-refractivity contribution in [2.45, 2.75) is 51.1 Å². The fourth-order valence-electron chi connectivity index (χ4n) is 5.26. The maximum Gasteiger partial charge on any atom is 0.416 e. The van der Waals surface area contributed by atoms with Crippen molar-refractivity contribution in [1.29, 1.82) is 0 Å². The van der Waals surface area contributed by atoms with Gasteiger partial charge in [0.2, 0.25) is 0 Å². The Morgan fingerprint density at radius 2 is 1.85 bits per heavy atom. The topological polar surface area (TPSA) is 87.9 Å². The minimum atomic E-state index is -4.45. The average Bonchev–Trinajstić information content (AvgIpc) is 3.49. The molecule has 1 amide bonds. The summed E-state index contributed by atoms with van der Waals surface area (Å²) in [6.07, 6.45) is 0.563. The number of likely N-dealkylation sites (tertiary alicyclic amines) is 1. The van der Waals surface area contributed by atoms with Gasteiger partial charge in [-0.3, -0.25) is 14.5 Å². The fraction of sp³-hybridized carbons (Fsp3) is 0.393. The van der Waals surface area contributed by atoms with Crippen LogP contribution in [0.25, 0.3) is 11.1 Å². The number of hydrogen-bond acceptors (Lipinski definition) is 5. The molecule has 0 atom stereocenters. The summed E-state index contributed by atoms with van der Waals surface area (Å²) in [6, 6.07) is 9.89. The molecule has 2 fully saturated rings. The van der Waals surface area contributed by atoms with Crippen LogP contribution >= 0.6 is 0 Å². The molecule has 2 aliphatic rings. The highest BCUT2D eigenvalue weighted by Gasteiger charge is 2.47. The maximum absolute atomic E-state index is 13.5. The van der Waals surface area contributed by atoms with Gasteiger partial charge in [-0.25, -0.2) is 9.59 Å². The number of aromatic nitrogens is 2. The number of carbonyl (C=O) groups excluding carboxylic acids is 1. The molecule has 1 aromatic heterocycles. The van der Waals surface area contributed by atoms with Crippen LogP contribution in [0.2, 0.25) is 0 Å². The highest BCUT2D eigenvalue weighted by Crippen LogP contribution is 2.38. The Morgan fingerprint density at radius 1 is 1.13 bits per heavy atom. The van der Waals surface area contributed by atoms with Crippen molar-refractivity contribution < 1.29 is 32.6 Å². The van der Waals surface area contributed by atoms with E-state index in [1.165, 1.54) is 29.2 Å². The van der Waals surface area contributed by atoms with Gasteiger partial charge >= 0.3 is 18.2 Å². The number of ether oxygens (including phenoxy) is 1. The van der Waals surface area contributed by atoms with Gasteiger partial charge in [-0.05, 0) is 53.9 Å². The number of benzene rings is 2. The summed E-state index contributed by atoms with van der Waals surface area (Å²) in [7, 11) is 0. The van der Waals surface area contributed by atoms with Gasteiger partial charge in [-0.2, -0.15) is 18.3 Å². The molecule has 5 rings (SSSR count). The fourth-order valence-corrected chi connectivity index (χ4v) is 5.26. The van der Waals surface area contributed by atoms with Crippen molar-refractivity contribution >= 4 is 17.7 Å². The molecule has 0 unspecified atom stereocenters. The summed E-state index contributed by atoms with van der Waals surface area (Å²) in [4.78, 5) is 27.4. The number of nitrogens with zero attached hydrogens (tertiary/aromatic N) is 4. The van der Waals surface area contributed by atoms with Gasteiger partial charge in [0.15, 0.2) is 0 Å². The Hall–Kier alpha value is -3.86. The van der Waals surface area contributed by atoms with Gasteiger partial charge in [0.05, 0.1) is 23.9 Å². The van der Waals surface area contributed by atoms with Crippen LogP contribution in [0.15, 0.2) is 54.9 Å². The second-order valence-electron chi connectivity index (χ2n) is 10.1. The lowest BCUT2D eigenvalue weighted by molar-refractivity contribution is -0.137. The van der Waals surface area contributed by atoms with E-state index >= 15 is 0 Å². The van der Waals surface area contributed by atoms with E-state index in [1.807, 2.05) is 13.1 Å². The molecule has 11 heteroatoms. The third-order valence-electron chi connectivity index (χ3n) is 7.39. The largest absolute Gasteiger partial charge is 0.478 e. The Kier molecular flexibility index (Phi) is 7.11. The van der Waals surface area contributed by atoms with Gasteiger partial charge < -0.3 is 9.84 Å². The van der Waals surface area contributed by atoms with Gasteiger partial charge in [0, 0.05) is 56.5 Å². The van der Waals surface area contributed by atoms with Crippen molar-refractivity contribution in [3.8, 4) is 11.1 Å². The monoisotopic (exact) mass is 542 g/mol. The molecule has 1 spiro atoms. The van der Waals surface area contributed by atoms with Crippen LogP contribution in [0.4, 0.5) is 23.7 Å². The normalized spacial score (nSPS) is 17.5. The first-order chi connectivity index (χ1) is 18.6. The van der Waals surface area contributed by atoms with E-state index in [-0.39, 0.29) is 5.56 Å². The summed E-state index contributed by atoms with van der Waals surface area (Å²) < 4.78 is 48.2. The Bertz CT molecular complexity index is 1360. The number of piperidine rings is 1. The van der Waals surface area contributed by atoms with Crippen LogP contribution in [-0.4, -0.2) is 57.1 Å². The van der Waals surface area contributed by atoms with Gasteiger partial charge in [-0.1, -0.05) is 13.0 Å². The maximum atomic E-state index is 13.5. The summed E-state index contributed by atoms with van der Waals surface area (Å²) in [5.74, 6) is -1.05. The zero-order chi connectivity index (χ0) is 27.8. The van der Waals surface area contributed by atoms with Crippen LogP contribution in [0, 0.1) is 0 Å². The molecule has 8 nitrogen and oxygen atoms in total. The molecule has 39 heavy (non-hydrogen) atoms. The number of rotatable bonds is 7. The smallest absolute Gasteiger partial charge is 0.416 e. The number of carboxylic acid groups (broad SMARTS) is 1. The van der Waals surface area contributed by atoms with Gasteiger partial charge in [0.1, 0.15) is 5.60 Å². The molecule has 3 heterocycles. The molecule has 1 N–H and O–H groups in total. The first kappa shape index (κ1) is 26.7. The van der Waals surface area contributed by atoms with Crippen molar-refractivity contribution in [3.63, 3.8) is 0 Å². The van der Waals surface area contributed by atoms with Crippen molar-refractivity contribution in [3.05, 3.63) is 71.5 Å². The minimum absolute atomic E-state index is 0.126. The number of hydrogen-bond donors (Lipinski definition) is 1. The number of halogens is 3. The molecular formula is C28H29F3N4O4. The molecular weight excluding hydrogens is 513 g/mol. The third-order valence-corrected chi connectivity index (χ3v) is 7.39. The molecule has 0 radical (unpaired) electrons.